The van der Waals surface area contributed by atoms with Gasteiger partial charge in [0, 0.05) is 23.7 Å². The standard InChI is InChI=1S/C12H12N2O/c1-2-13-12(15)10-6-5-9-4-3-7-14-11(9)8-10/h3-8H,2H2,1H3,(H,13,15). The average Bonchev–Trinajstić information content (AvgIpc) is 2.29. The van der Waals surface area contributed by atoms with Crippen molar-refractivity contribution in [3.8, 4) is 0 Å². The maximum Gasteiger partial charge on any atom is 0.251 e. The summed E-state index contributed by atoms with van der Waals surface area (Å²) >= 11 is 0. The lowest BCUT2D eigenvalue weighted by molar-refractivity contribution is 0.0956. The van der Waals surface area contributed by atoms with E-state index in [9.17, 15) is 4.79 Å². The summed E-state index contributed by atoms with van der Waals surface area (Å²) in [7, 11) is 0. The summed E-state index contributed by atoms with van der Waals surface area (Å²) < 4.78 is 0. The molecule has 0 spiro atoms. The van der Waals surface area contributed by atoms with Gasteiger partial charge in [-0.05, 0) is 25.1 Å². The fourth-order valence-corrected chi connectivity index (χ4v) is 1.47. The summed E-state index contributed by atoms with van der Waals surface area (Å²) in [5.41, 5.74) is 1.50. The lowest BCUT2D eigenvalue weighted by Gasteiger charge is -2.03. The van der Waals surface area contributed by atoms with Gasteiger partial charge in [-0.25, -0.2) is 0 Å². The number of amides is 1. The number of nitrogens with zero attached hydrogens (tertiary/aromatic N) is 1. The summed E-state index contributed by atoms with van der Waals surface area (Å²) in [6, 6.07) is 9.39. The Morgan fingerprint density at radius 2 is 2.27 bits per heavy atom. The average molecular weight is 200 g/mol. The van der Waals surface area contributed by atoms with Crippen molar-refractivity contribution in [3.05, 3.63) is 42.1 Å². The van der Waals surface area contributed by atoms with E-state index in [2.05, 4.69) is 10.3 Å². The molecule has 0 aliphatic carbocycles. The fourth-order valence-electron chi connectivity index (χ4n) is 1.47. The van der Waals surface area contributed by atoms with Crippen LogP contribution in [-0.4, -0.2) is 17.4 Å². The van der Waals surface area contributed by atoms with Crippen molar-refractivity contribution in [1.29, 1.82) is 0 Å². The van der Waals surface area contributed by atoms with E-state index in [1.165, 1.54) is 0 Å². The third-order valence-corrected chi connectivity index (χ3v) is 2.21. The van der Waals surface area contributed by atoms with Gasteiger partial charge >= 0.3 is 0 Å². The Labute approximate surface area is 88.1 Å². The zero-order chi connectivity index (χ0) is 10.7. The number of nitrogens with one attached hydrogen (secondary N) is 1. The first kappa shape index (κ1) is 9.65. The van der Waals surface area contributed by atoms with Crippen molar-refractivity contribution in [2.24, 2.45) is 0 Å². The molecule has 0 bridgehead atoms. The van der Waals surface area contributed by atoms with E-state index in [1.807, 2.05) is 31.2 Å². The molecule has 3 nitrogen and oxygen atoms in total. The van der Waals surface area contributed by atoms with Gasteiger partial charge < -0.3 is 5.32 Å². The van der Waals surface area contributed by atoms with Crippen molar-refractivity contribution in [1.82, 2.24) is 10.3 Å². The molecule has 0 saturated heterocycles. The number of fused-ring (bicyclic) bond motifs is 1. The summed E-state index contributed by atoms with van der Waals surface area (Å²) in [6.45, 7) is 2.54. The van der Waals surface area contributed by atoms with Gasteiger partial charge in [0.15, 0.2) is 0 Å². The molecule has 1 aromatic heterocycles. The fraction of sp³-hybridized carbons (Fsp3) is 0.167. The van der Waals surface area contributed by atoms with E-state index >= 15 is 0 Å². The molecule has 2 rings (SSSR count). The minimum absolute atomic E-state index is 0.0509. The molecule has 3 heteroatoms. The zero-order valence-corrected chi connectivity index (χ0v) is 8.53. The molecule has 1 N–H and O–H groups in total. The van der Waals surface area contributed by atoms with Crippen LogP contribution in [0.1, 0.15) is 17.3 Å². The van der Waals surface area contributed by atoms with Gasteiger partial charge in [0.25, 0.3) is 5.91 Å². The molecule has 1 aromatic carbocycles. The highest BCUT2D eigenvalue weighted by Gasteiger charge is 2.04. The second-order valence-corrected chi connectivity index (χ2v) is 3.27. The Kier molecular flexibility index (Phi) is 2.63. The molecule has 0 saturated carbocycles. The maximum absolute atomic E-state index is 11.5. The van der Waals surface area contributed by atoms with Crippen molar-refractivity contribution in [2.75, 3.05) is 6.54 Å². The number of hydrogen-bond acceptors (Lipinski definition) is 2. The highest BCUT2D eigenvalue weighted by molar-refractivity contribution is 5.97. The van der Waals surface area contributed by atoms with Crippen LogP contribution in [0.3, 0.4) is 0 Å². The van der Waals surface area contributed by atoms with Crippen LogP contribution in [0.2, 0.25) is 0 Å². The molecule has 0 aliphatic rings. The normalized spacial score (nSPS) is 10.2. The zero-order valence-electron chi connectivity index (χ0n) is 8.53. The number of hydrogen-bond donors (Lipinski definition) is 1. The van der Waals surface area contributed by atoms with Gasteiger partial charge in [0.2, 0.25) is 0 Å². The summed E-state index contributed by atoms with van der Waals surface area (Å²) in [4.78, 5) is 15.8. The van der Waals surface area contributed by atoms with Gasteiger partial charge in [-0.15, -0.1) is 0 Å². The van der Waals surface area contributed by atoms with Crippen LogP contribution < -0.4 is 5.32 Å². The smallest absolute Gasteiger partial charge is 0.251 e. The van der Waals surface area contributed by atoms with Gasteiger partial charge in [0.1, 0.15) is 0 Å². The van der Waals surface area contributed by atoms with Gasteiger partial charge in [-0.1, -0.05) is 12.1 Å². The van der Waals surface area contributed by atoms with Crippen LogP contribution in [0.4, 0.5) is 0 Å². The lowest BCUT2D eigenvalue weighted by atomic mass is 10.1. The van der Waals surface area contributed by atoms with E-state index in [0.717, 1.165) is 10.9 Å². The molecule has 0 fully saturated rings. The molecule has 0 radical (unpaired) electrons. The number of carbonyl (C=O) groups excluding carboxylic acids is 1. The first-order valence-electron chi connectivity index (χ1n) is 4.94. The van der Waals surface area contributed by atoms with Crippen molar-refractivity contribution >= 4 is 16.8 Å². The largest absolute Gasteiger partial charge is 0.352 e. The van der Waals surface area contributed by atoms with E-state index in [-0.39, 0.29) is 5.91 Å². The molecule has 1 heterocycles. The number of aromatic nitrogens is 1. The maximum atomic E-state index is 11.5. The first-order valence-corrected chi connectivity index (χ1v) is 4.94. The molecule has 0 atom stereocenters. The third kappa shape index (κ3) is 1.96. The minimum Gasteiger partial charge on any atom is -0.352 e. The van der Waals surface area contributed by atoms with E-state index < -0.39 is 0 Å². The minimum atomic E-state index is -0.0509. The van der Waals surface area contributed by atoms with E-state index in [0.29, 0.717) is 12.1 Å². The number of rotatable bonds is 2. The predicted molar refractivity (Wildman–Crippen MR) is 59.8 cm³/mol. The van der Waals surface area contributed by atoms with Gasteiger partial charge in [0.05, 0.1) is 5.52 Å². The summed E-state index contributed by atoms with van der Waals surface area (Å²) in [5.74, 6) is -0.0509. The monoisotopic (exact) mass is 200 g/mol. The van der Waals surface area contributed by atoms with Gasteiger partial charge in [-0.2, -0.15) is 0 Å². The number of benzene rings is 1. The first-order chi connectivity index (χ1) is 7.31. The number of carbonyl (C=O) groups is 1. The Morgan fingerprint density at radius 1 is 1.40 bits per heavy atom. The molecule has 76 valence electrons. The predicted octanol–water partition coefficient (Wildman–Crippen LogP) is 1.98. The quantitative estimate of drug-likeness (QED) is 0.805. The molecular formula is C12H12N2O. The highest BCUT2D eigenvalue weighted by Crippen LogP contribution is 2.12. The van der Waals surface area contributed by atoms with Crippen LogP contribution in [-0.2, 0) is 0 Å². The molecular weight excluding hydrogens is 188 g/mol. The van der Waals surface area contributed by atoms with Crippen LogP contribution in [0.25, 0.3) is 10.9 Å². The Balaban J connectivity index is 2.42. The Morgan fingerprint density at radius 3 is 3.07 bits per heavy atom. The van der Waals surface area contributed by atoms with E-state index in [1.54, 1.807) is 12.3 Å². The second-order valence-electron chi connectivity index (χ2n) is 3.27. The van der Waals surface area contributed by atoms with Crippen LogP contribution in [0, 0.1) is 0 Å². The van der Waals surface area contributed by atoms with Gasteiger partial charge in [-0.3, -0.25) is 9.78 Å². The molecule has 0 unspecified atom stereocenters. The Bertz CT molecular complexity index is 494. The second kappa shape index (κ2) is 4.09. The highest BCUT2D eigenvalue weighted by atomic mass is 16.1. The number of pyridine rings is 1. The van der Waals surface area contributed by atoms with Crippen molar-refractivity contribution < 1.29 is 4.79 Å². The molecule has 15 heavy (non-hydrogen) atoms. The molecule has 2 aromatic rings. The van der Waals surface area contributed by atoms with E-state index in [4.69, 9.17) is 0 Å². The van der Waals surface area contributed by atoms with Crippen LogP contribution >= 0.6 is 0 Å². The lowest BCUT2D eigenvalue weighted by Crippen LogP contribution is -2.22. The summed E-state index contributed by atoms with van der Waals surface area (Å²) in [6.07, 6.45) is 1.73. The third-order valence-electron chi connectivity index (χ3n) is 2.21. The Hall–Kier alpha value is -1.90. The molecule has 1 amide bonds. The summed E-state index contributed by atoms with van der Waals surface area (Å²) in [5, 5.41) is 3.81. The topological polar surface area (TPSA) is 42.0 Å². The SMILES string of the molecule is CCNC(=O)c1ccc2cccnc2c1. The van der Waals surface area contributed by atoms with Crippen LogP contribution in [0.15, 0.2) is 36.5 Å². The molecule has 0 aliphatic heterocycles. The van der Waals surface area contributed by atoms with Crippen molar-refractivity contribution in [2.45, 2.75) is 6.92 Å². The van der Waals surface area contributed by atoms with Crippen LogP contribution in [0.5, 0.6) is 0 Å². The van der Waals surface area contributed by atoms with Crippen molar-refractivity contribution in [3.63, 3.8) is 0 Å².